The second-order valence-corrected chi connectivity index (χ2v) is 7.73. The molecule has 0 atom stereocenters. The van der Waals surface area contributed by atoms with Crippen LogP contribution in [0.3, 0.4) is 0 Å². The van der Waals surface area contributed by atoms with Gasteiger partial charge in [0.1, 0.15) is 5.15 Å². The maximum Gasteiger partial charge on any atom is 0.233 e. The van der Waals surface area contributed by atoms with Crippen molar-refractivity contribution in [2.45, 2.75) is 18.6 Å². The summed E-state index contributed by atoms with van der Waals surface area (Å²) < 4.78 is 1.95. The summed E-state index contributed by atoms with van der Waals surface area (Å²) in [5.41, 5.74) is 2.85. The molecule has 3 rings (SSSR count). The Balaban J connectivity index is 1.65. The van der Waals surface area contributed by atoms with Gasteiger partial charge in [0.2, 0.25) is 5.91 Å². The highest BCUT2D eigenvalue weighted by atomic mass is 35.5. The van der Waals surface area contributed by atoms with Crippen molar-refractivity contribution in [3.05, 3.63) is 70.2 Å². The van der Waals surface area contributed by atoms with Gasteiger partial charge in [0.15, 0.2) is 5.16 Å². The highest BCUT2D eigenvalue weighted by molar-refractivity contribution is 7.99. The largest absolute Gasteiger partial charge is 0.341 e. The predicted molar refractivity (Wildman–Crippen MR) is 110 cm³/mol. The standard InChI is InChI=1S/C19H18Cl2N4OS/c1-13-15(20)4-3-5-16(13)25-9-8-22-19(25)27-12-18(26)24(2)11-14-6-7-17(21)23-10-14/h3-10H,11-12H2,1-2H3. The fourth-order valence-electron chi connectivity index (χ4n) is 2.54. The van der Waals surface area contributed by atoms with Crippen LogP contribution in [0, 0.1) is 6.92 Å². The molecule has 0 saturated carbocycles. The first-order valence-electron chi connectivity index (χ1n) is 8.21. The zero-order valence-corrected chi connectivity index (χ0v) is 17.2. The number of amides is 1. The summed E-state index contributed by atoms with van der Waals surface area (Å²) in [6.45, 7) is 2.44. The quantitative estimate of drug-likeness (QED) is 0.430. The van der Waals surface area contributed by atoms with E-state index in [4.69, 9.17) is 23.2 Å². The molecule has 3 aromatic rings. The summed E-state index contributed by atoms with van der Waals surface area (Å²) >= 11 is 13.4. The molecule has 0 aliphatic carbocycles. The summed E-state index contributed by atoms with van der Waals surface area (Å²) in [4.78, 5) is 22.6. The average molecular weight is 421 g/mol. The second kappa shape index (κ2) is 8.78. The van der Waals surface area contributed by atoms with Crippen LogP contribution in [0.2, 0.25) is 10.2 Å². The molecule has 0 unspecified atom stereocenters. The number of hydrogen-bond acceptors (Lipinski definition) is 4. The van der Waals surface area contributed by atoms with Crippen molar-refractivity contribution in [2.75, 3.05) is 12.8 Å². The van der Waals surface area contributed by atoms with Crippen LogP contribution in [0.25, 0.3) is 5.69 Å². The molecular formula is C19H18Cl2N4OS. The van der Waals surface area contributed by atoms with Gasteiger partial charge in [-0.3, -0.25) is 9.36 Å². The van der Waals surface area contributed by atoms with E-state index in [2.05, 4.69) is 9.97 Å². The Kier molecular flexibility index (Phi) is 6.42. The Morgan fingerprint density at radius 1 is 1.22 bits per heavy atom. The number of carbonyl (C=O) groups is 1. The maximum absolute atomic E-state index is 12.5. The van der Waals surface area contributed by atoms with Gasteiger partial charge in [0, 0.05) is 37.2 Å². The molecule has 0 N–H and O–H groups in total. The smallest absolute Gasteiger partial charge is 0.233 e. The first-order valence-corrected chi connectivity index (χ1v) is 9.96. The Hall–Kier alpha value is -2.02. The van der Waals surface area contributed by atoms with Crippen LogP contribution in [-0.4, -0.2) is 38.1 Å². The lowest BCUT2D eigenvalue weighted by atomic mass is 10.2. The van der Waals surface area contributed by atoms with Crippen molar-refractivity contribution < 1.29 is 4.79 Å². The molecule has 0 aliphatic rings. The number of thioether (sulfide) groups is 1. The number of carbonyl (C=O) groups excluding carboxylic acids is 1. The van der Waals surface area contributed by atoms with Crippen molar-refractivity contribution in [3.8, 4) is 5.69 Å². The topological polar surface area (TPSA) is 51.0 Å². The van der Waals surface area contributed by atoms with Gasteiger partial charge in [-0.05, 0) is 36.2 Å². The fourth-order valence-corrected chi connectivity index (χ4v) is 3.72. The van der Waals surface area contributed by atoms with Crippen LogP contribution in [0.5, 0.6) is 0 Å². The van der Waals surface area contributed by atoms with Gasteiger partial charge >= 0.3 is 0 Å². The molecule has 0 fully saturated rings. The Labute approximate surface area is 172 Å². The number of hydrogen-bond donors (Lipinski definition) is 0. The number of benzene rings is 1. The molecule has 27 heavy (non-hydrogen) atoms. The first-order chi connectivity index (χ1) is 13.0. The van der Waals surface area contributed by atoms with Crippen LogP contribution in [0.1, 0.15) is 11.1 Å². The third-order valence-corrected chi connectivity index (χ3v) is 5.65. The maximum atomic E-state index is 12.5. The molecule has 0 bridgehead atoms. The summed E-state index contributed by atoms with van der Waals surface area (Å²) in [5.74, 6) is 0.293. The number of rotatable bonds is 6. The van der Waals surface area contributed by atoms with Crippen molar-refractivity contribution in [3.63, 3.8) is 0 Å². The lowest BCUT2D eigenvalue weighted by Gasteiger charge is -2.17. The van der Waals surface area contributed by atoms with Gasteiger partial charge in [0.05, 0.1) is 11.4 Å². The van der Waals surface area contributed by atoms with E-state index in [9.17, 15) is 4.79 Å². The zero-order valence-electron chi connectivity index (χ0n) is 14.9. The molecule has 140 valence electrons. The van der Waals surface area contributed by atoms with E-state index < -0.39 is 0 Å². The number of nitrogens with zero attached hydrogens (tertiary/aromatic N) is 4. The molecule has 1 aromatic carbocycles. The van der Waals surface area contributed by atoms with Gasteiger partial charge < -0.3 is 4.90 Å². The third kappa shape index (κ3) is 4.83. The number of imidazole rings is 1. The van der Waals surface area contributed by atoms with Crippen molar-refractivity contribution in [1.29, 1.82) is 0 Å². The molecule has 0 radical (unpaired) electrons. The summed E-state index contributed by atoms with van der Waals surface area (Å²) in [6, 6.07) is 9.32. The highest BCUT2D eigenvalue weighted by Gasteiger charge is 2.14. The molecule has 1 amide bonds. The highest BCUT2D eigenvalue weighted by Crippen LogP contribution is 2.26. The average Bonchev–Trinajstić information content (AvgIpc) is 3.12. The second-order valence-electron chi connectivity index (χ2n) is 5.99. The fraction of sp³-hybridized carbons (Fsp3) is 0.211. The molecule has 2 aromatic heterocycles. The summed E-state index contributed by atoms with van der Waals surface area (Å²) in [5, 5.41) is 1.88. The zero-order chi connectivity index (χ0) is 19.4. The van der Waals surface area contributed by atoms with E-state index in [0.717, 1.165) is 22.0 Å². The first kappa shape index (κ1) is 19.7. The molecule has 8 heteroatoms. The van der Waals surface area contributed by atoms with Crippen molar-refractivity contribution in [1.82, 2.24) is 19.4 Å². The summed E-state index contributed by atoms with van der Waals surface area (Å²) in [6.07, 6.45) is 5.26. The van der Waals surface area contributed by atoms with E-state index in [1.807, 2.05) is 42.0 Å². The van der Waals surface area contributed by atoms with Crippen LogP contribution in [-0.2, 0) is 11.3 Å². The minimum Gasteiger partial charge on any atom is -0.341 e. The number of pyridine rings is 1. The number of aromatic nitrogens is 3. The molecule has 0 saturated heterocycles. The minimum absolute atomic E-state index is 0.00677. The van der Waals surface area contributed by atoms with Gasteiger partial charge in [-0.15, -0.1) is 0 Å². The molecule has 0 spiro atoms. The van der Waals surface area contributed by atoms with E-state index >= 15 is 0 Å². The molecule has 2 heterocycles. The van der Waals surface area contributed by atoms with Crippen LogP contribution < -0.4 is 0 Å². The third-order valence-electron chi connectivity index (χ3n) is 4.06. The van der Waals surface area contributed by atoms with Gasteiger partial charge in [-0.25, -0.2) is 9.97 Å². The normalized spacial score (nSPS) is 10.8. The van der Waals surface area contributed by atoms with Gasteiger partial charge in [0.25, 0.3) is 0 Å². The van der Waals surface area contributed by atoms with Crippen LogP contribution in [0.4, 0.5) is 0 Å². The SMILES string of the molecule is Cc1c(Cl)cccc1-n1ccnc1SCC(=O)N(C)Cc1ccc(Cl)nc1. The van der Waals surface area contributed by atoms with E-state index in [1.54, 1.807) is 30.4 Å². The van der Waals surface area contributed by atoms with E-state index in [-0.39, 0.29) is 11.7 Å². The van der Waals surface area contributed by atoms with Crippen LogP contribution >= 0.6 is 35.0 Å². The molecule has 0 aliphatic heterocycles. The van der Waals surface area contributed by atoms with Gasteiger partial charge in [-0.1, -0.05) is 47.1 Å². The molecule has 5 nitrogen and oxygen atoms in total. The minimum atomic E-state index is 0.00677. The monoisotopic (exact) mass is 420 g/mol. The molecular weight excluding hydrogens is 403 g/mol. The van der Waals surface area contributed by atoms with E-state index in [0.29, 0.717) is 16.7 Å². The Morgan fingerprint density at radius 2 is 2.04 bits per heavy atom. The van der Waals surface area contributed by atoms with Crippen molar-refractivity contribution in [2.24, 2.45) is 0 Å². The van der Waals surface area contributed by atoms with E-state index in [1.165, 1.54) is 11.8 Å². The van der Waals surface area contributed by atoms with Gasteiger partial charge in [-0.2, -0.15) is 0 Å². The van der Waals surface area contributed by atoms with Crippen molar-refractivity contribution >= 4 is 40.9 Å². The Morgan fingerprint density at radius 3 is 2.78 bits per heavy atom. The lowest BCUT2D eigenvalue weighted by Crippen LogP contribution is -2.28. The lowest BCUT2D eigenvalue weighted by molar-refractivity contribution is -0.127. The predicted octanol–water partition coefficient (Wildman–Crippen LogP) is 4.63. The summed E-state index contributed by atoms with van der Waals surface area (Å²) in [7, 11) is 1.77. The van der Waals surface area contributed by atoms with Crippen LogP contribution in [0.15, 0.2) is 54.1 Å². The Bertz CT molecular complexity index is 943. The number of halogens is 2.